The molecule has 5 heteroatoms. The van der Waals surface area contributed by atoms with Gasteiger partial charge in [0.15, 0.2) is 5.84 Å². The fourth-order valence-corrected chi connectivity index (χ4v) is 2.77. The molecule has 106 valence electrons. The molecule has 1 aromatic carbocycles. The van der Waals surface area contributed by atoms with E-state index >= 15 is 0 Å². The number of thiophene rings is 1. The Kier molecular flexibility index (Phi) is 4.76. The quantitative estimate of drug-likeness (QED) is 0.343. The lowest BCUT2D eigenvalue weighted by Gasteiger charge is -2.14. The van der Waals surface area contributed by atoms with Crippen molar-refractivity contribution in [2.45, 2.75) is 26.4 Å². The van der Waals surface area contributed by atoms with E-state index in [0.717, 1.165) is 17.7 Å². The Bertz CT molecular complexity index is 593. The van der Waals surface area contributed by atoms with Crippen LogP contribution in [0.5, 0.6) is 0 Å². The molecular formula is C15H19N3OS. The van der Waals surface area contributed by atoms with Gasteiger partial charge in [0.25, 0.3) is 0 Å². The van der Waals surface area contributed by atoms with Crippen molar-refractivity contribution in [1.82, 2.24) is 5.32 Å². The van der Waals surface area contributed by atoms with Crippen LogP contribution in [0.25, 0.3) is 0 Å². The number of nitrogens with two attached hydrogens (primary N) is 1. The SMILES string of the molecule is Cc1cc(/C(N)=N/O)ccc1CNC(C)c1cccs1. The number of hydrogen-bond donors (Lipinski definition) is 3. The van der Waals surface area contributed by atoms with E-state index < -0.39 is 0 Å². The average molecular weight is 289 g/mol. The van der Waals surface area contributed by atoms with Crippen LogP contribution in [-0.2, 0) is 6.54 Å². The lowest BCUT2D eigenvalue weighted by Crippen LogP contribution is -2.18. The third-order valence-corrected chi connectivity index (χ3v) is 4.37. The summed E-state index contributed by atoms with van der Waals surface area (Å²) >= 11 is 1.76. The fraction of sp³-hybridized carbons (Fsp3) is 0.267. The normalized spacial score (nSPS) is 13.4. The van der Waals surface area contributed by atoms with E-state index in [1.807, 2.05) is 25.1 Å². The smallest absolute Gasteiger partial charge is 0.170 e. The number of amidine groups is 1. The Morgan fingerprint density at radius 2 is 2.25 bits per heavy atom. The first-order chi connectivity index (χ1) is 9.61. The maximum absolute atomic E-state index is 8.68. The predicted molar refractivity (Wildman–Crippen MR) is 83.3 cm³/mol. The van der Waals surface area contributed by atoms with E-state index in [-0.39, 0.29) is 5.84 Å². The molecule has 0 fully saturated rings. The molecule has 0 aliphatic heterocycles. The van der Waals surface area contributed by atoms with Crippen LogP contribution in [0.4, 0.5) is 0 Å². The minimum absolute atomic E-state index is 0.138. The summed E-state index contributed by atoms with van der Waals surface area (Å²) in [6.45, 7) is 4.98. The zero-order valence-corrected chi connectivity index (χ0v) is 12.4. The zero-order chi connectivity index (χ0) is 14.5. The summed E-state index contributed by atoms with van der Waals surface area (Å²) in [6, 6.07) is 10.3. The Balaban J connectivity index is 2.03. The van der Waals surface area contributed by atoms with E-state index in [1.54, 1.807) is 11.3 Å². The number of benzene rings is 1. The average Bonchev–Trinajstić information content (AvgIpc) is 2.99. The lowest BCUT2D eigenvalue weighted by atomic mass is 10.0. The molecule has 0 aliphatic carbocycles. The number of oxime groups is 1. The molecule has 1 atom stereocenters. The second-order valence-corrected chi connectivity index (χ2v) is 5.72. The Morgan fingerprint density at radius 1 is 1.45 bits per heavy atom. The van der Waals surface area contributed by atoms with E-state index in [1.165, 1.54) is 10.4 Å². The molecule has 1 unspecified atom stereocenters. The van der Waals surface area contributed by atoms with Crippen LogP contribution < -0.4 is 11.1 Å². The lowest BCUT2D eigenvalue weighted by molar-refractivity contribution is 0.318. The highest BCUT2D eigenvalue weighted by atomic mass is 32.1. The van der Waals surface area contributed by atoms with E-state index in [2.05, 4.69) is 34.9 Å². The molecule has 4 N–H and O–H groups in total. The molecule has 0 aliphatic rings. The second-order valence-electron chi connectivity index (χ2n) is 4.74. The van der Waals surface area contributed by atoms with Gasteiger partial charge in [0.2, 0.25) is 0 Å². The number of nitrogens with one attached hydrogen (secondary N) is 1. The first-order valence-corrected chi connectivity index (χ1v) is 7.34. The fourth-order valence-electron chi connectivity index (χ4n) is 2.01. The summed E-state index contributed by atoms with van der Waals surface area (Å²) in [4.78, 5) is 1.33. The van der Waals surface area contributed by atoms with Crippen molar-refractivity contribution in [3.05, 3.63) is 57.3 Å². The second kappa shape index (κ2) is 6.54. The van der Waals surface area contributed by atoms with Crippen LogP contribution in [0.15, 0.2) is 40.9 Å². The van der Waals surface area contributed by atoms with Crippen LogP contribution in [0.2, 0.25) is 0 Å². The van der Waals surface area contributed by atoms with Crippen molar-refractivity contribution in [2.24, 2.45) is 10.9 Å². The molecule has 0 bridgehead atoms. The van der Waals surface area contributed by atoms with Gasteiger partial charge >= 0.3 is 0 Å². The van der Waals surface area contributed by atoms with Crippen LogP contribution in [0, 0.1) is 6.92 Å². The number of nitrogens with zero attached hydrogens (tertiary/aromatic N) is 1. The molecule has 4 nitrogen and oxygen atoms in total. The van der Waals surface area contributed by atoms with Gasteiger partial charge in [-0.25, -0.2) is 0 Å². The molecule has 2 rings (SSSR count). The molecule has 0 spiro atoms. The number of hydrogen-bond acceptors (Lipinski definition) is 4. The maximum atomic E-state index is 8.68. The highest BCUT2D eigenvalue weighted by Crippen LogP contribution is 2.19. The molecule has 0 saturated heterocycles. The summed E-state index contributed by atoms with van der Waals surface area (Å²) in [5.74, 6) is 0.138. The zero-order valence-electron chi connectivity index (χ0n) is 11.6. The van der Waals surface area contributed by atoms with Gasteiger partial charge in [-0.1, -0.05) is 23.4 Å². The van der Waals surface area contributed by atoms with Gasteiger partial charge in [0, 0.05) is 23.0 Å². The molecule has 0 amide bonds. The Labute approximate surface area is 122 Å². The van der Waals surface area contributed by atoms with E-state index in [4.69, 9.17) is 10.9 Å². The van der Waals surface area contributed by atoms with Crippen molar-refractivity contribution in [3.8, 4) is 0 Å². The Hall–Kier alpha value is -1.85. The number of rotatable bonds is 5. The molecule has 1 aromatic heterocycles. The van der Waals surface area contributed by atoms with Gasteiger partial charge in [-0.3, -0.25) is 0 Å². The van der Waals surface area contributed by atoms with Crippen LogP contribution in [-0.4, -0.2) is 11.0 Å². The third kappa shape index (κ3) is 3.37. The maximum Gasteiger partial charge on any atom is 0.170 e. The minimum Gasteiger partial charge on any atom is -0.409 e. The predicted octanol–water partition coefficient (Wildman–Crippen LogP) is 3.00. The van der Waals surface area contributed by atoms with Gasteiger partial charge in [0.1, 0.15) is 0 Å². The van der Waals surface area contributed by atoms with Crippen LogP contribution >= 0.6 is 11.3 Å². The third-order valence-electron chi connectivity index (χ3n) is 3.31. The van der Waals surface area contributed by atoms with Gasteiger partial charge in [-0.05, 0) is 42.5 Å². The molecule has 1 heterocycles. The van der Waals surface area contributed by atoms with Crippen molar-refractivity contribution in [3.63, 3.8) is 0 Å². The van der Waals surface area contributed by atoms with Crippen molar-refractivity contribution in [2.75, 3.05) is 0 Å². The largest absolute Gasteiger partial charge is 0.409 e. The molecule has 0 saturated carbocycles. The molecule has 2 aromatic rings. The molecule has 0 radical (unpaired) electrons. The summed E-state index contributed by atoms with van der Waals surface area (Å²) in [5.41, 5.74) is 8.66. The van der Waals surface area contributed by atoms with Crippen LogP contribution in [0.3, 0.4) is 0 Å². The monoisotopic (exact) mass is 289 g/mol. The number of aryl methyl sites for hydroxylation is 1. The van der Waals surface area contributed by atoms with Crippen molar-refractivity contribution < 1.29 is 5.21 Å². The summed E-state index contributed by atoms with van der Waals surface area (Å²) in [7, 11) is 0. The summed E-state index contributed by atoms with van der Waals surface area (Å²) in [6.07, 6.45) is 0. The molecule has 20 heavy (non-hydrogen) atoms. The van der Waals surface area contributed by atoms with Crippen molar-refractivity contribution in [1.29, 1.82) is 0 Å². The van der Waals surface area contributed by atoms with Gasteiger partial charge in [0.05, 0.1) is 0 Å². The van der Waals surface area contributed by atoms with Crippen LogP contribution in [0.1, 0.15) is 34.5 Å². The highest BCUT2D eigenvalue weighted by molar-refractivity contribution is 7.10. The van der Waals surface area contributed by atoms with Gasteiger partial charge in [-0.2, -0.15) is 0 Å². The van der Waals surface area contributed by atoms with E-state index in [0.29, 0.717) is 6.04 Å². The Morgan fingerprint density at radius 3 is 2.85 bits per heavy atom. The highest BCUT2D eigenvalue weighted by Gasteiger charge is 2.08. The van der Waals surface area contributed by atoms with Gasteiger partial charge < -0.3 is 16.3 Å². The summed E-state index contributed by atoms with van der Waals surface area (Å²) in [5, 5.41) is 17.3. The van der Waals surface area contributed by atoms with Gasteiger partial charge in [-0.15, -0.1) is 11.3 Å². The first kappa shape index (κ1) is 14.6. The van der Waals surface area contributed by atoms with Crippen molar-refractivity contribution >= 4 is 17.2 Å². The first-order valence-electron chi connectivity index (χ1n) is 6.46. The molecular weight excluding hydrogens is 270 g/mol. The van der Waals surface area contributed by atoms with E-state index in [9.17, 15) is 0 Å². The standard InChI is InChI=1S/C15H19N3OS/c1-10-8-12(15(16)18-19)5-6-13(10)9-17-11(2)14-4-3-7-20-14/h3-8,11,17,19H,9H2,1-2H3,(H2,16,18). The topological polar surface area (TPSA) is 70.6 Å². The minimum atomic E-state index is 0.138. The summed E-state index contributed by atoms with van der Waals surface area (Å²) < 4.78 is 0.